The Morgan fingerprint density at radius 2 is 2.24 bits per heavy atom. The molecule has 3 fully saturated rings. The molecule has 2 N–H and O–H groups in total. The Kier molecular flexibility index (Phi) is 4.23. The van der Waals surface area contributed by atoms with E-state index in [1.807, 2.05) is 12.1 Å². The van der Waals surface area contributed by atoms with E-state index in [4.69, 9.17) is 12.2 Å². The number of rotatable bonds is 3. The Bertz CT molecular complexity index is 527. The molecule has 3 atom stereocenters. The standard InChI is InChI=1S/C16H22BrN3S/c1-16(2)11-4-3-10(13(16)7-11)8-19-15(21)20-14-6-5-12(17)9-18-14/h5-6,9-11,13H,3-4,7-8H2,1-2H3,(H2,18,19,20,21). The molecule has 3 aliphatic carbocycles. The van der Waals surface area contributed by atoms with Crippen LogP contribution < -0.4 is 10.6 Å². The zero-order valence-electron chi connectivity index (χ0n) is 12.5. The van der Waals surface area contributed by atoms with Gasteiger partial charge >= 0.3 is 0 Å². The highest BCUT2D eigenvalue weighted by Crippen LogP contribution is 2.61. The Morgan fingerprint density at radius 3 is 2.86 bits per heavy atom. The minimum atomic E-state index is 0.535. The van der Waals surface area contributed by atoms with Crippen LogP contribution in [0.1, 0.15) is 33.1 Å². The molecule has 1 aromatic rings. The molecule has 0 amide bonds. The van der Waals surface area contributed by atoms with Gasteiger partial charge in [0.1, 0.15) is 5.82 Å². The number of hydrogen-bond acceptors (Lipinski definition) is 2. The van der Waals surface area contributed by atoms with Crippen LogP contribution in [-0.4, -0.2) is 16.6 Å². The van der Waals surface area contributed by atoms with Gasteiger partial charge < -0.3 is 10.6 Å². The summed E-state index contributed by atoms with van der Waals surface area (Å²) in [4.78, 5) is 4.27. The summed E-state index contributed by atoms with van der Waals surface area (Å²) in [5.41, 5.74) is 0.535. The van der Waals surface area contributed by atoms with Gasteiger partial charge in [0, 0.05) is 17.2 Å². The molecular weight excluding hydrogens is 346 g/mol. The number of aromatic nitrogens is 1. The van der Waals surface area contributed by atoms with Crippen molar-refractivity contribution in [2.45, 2.75) is 33.1 Å². The highest BCUT2D eigenvalue weighted by molar-refractivity contribution is 9.10. The Labute approximate surface area is 140 Å². The minimum Gasteiger partial charge on any atom is -0.362 e. The number of nitrogens with one attached hydrogen (secondary N) is 2. The van der Waals surface area contributed by atoms with Crippen molar-refractivity contribution in [3.63, 3.8) is 0 Å². The van der Waals surface area contributed by atoms with Gasteiger partial charge in [-0.3, -0.25) is 0 Å². The maximum absolute atomic E-state index is 5.37. The van der Waals surface area contributed by atoms with Crippen LogP contribution in [-0.2, 0) is 0 Å². The fraction of sp³-hybridized carbons (Fsp3) is 0.625. The van der Waals surface area contributed by atoms with E-state index in [-0.39, 0.29) is 0 Å². The predicted octanol–water partition coefficient (Wildman–Crippen LogP) is 4.20. The molecule has 0 radical (unpaired) electrons. The van der Waals surface area contributed by atoms with Gasteiger partial charge in [-0.15, -0.1) is 0 Å². The maximum Gasteiger partial charge on any atom is 0.171 e. The second kappa shape index (κ2) is 5.84. The molecule has 0 saturated heterocycles. The van der Waals surface area contributed by atoms with Gasteiger partial charge in [-0.2, -0.15) is 0 Å². The molecule has 0 aliphatic heterocycles. The van der Waals surface area contributed by atoms with Crippen LogP contribution >= 0.6 is 28.1 Å². The summed E-state index contributed by atoms with van der Waals surface area (Å²) in [7, 11) is 0. The largest absolute Gasteiger partial charge is 0.362 e. The number of thiocarbonyl (C=S) groups is 1. The van der Waals surface area contributed by atoms with E-state index in [1.165, 1.54) is 19.3 Å². The molecule has 3 aliphatic rings. The number of hydrogen-bond donors (Lipinski definition) is 2. The van der Waals surface area contributed by atoms with E-state index < -0.39 is 0 Å². The lowest BCUT2D eigenvalue weighted by Gasteiger charge is -2.60. The van der Waals surface area contributed by atoms with Gasteiger partial charge in [0.05, 0.1) is 0 Å². The Balaban J connectivity index is 1.49. The summed E-state index contributed by atoms with van der Waals surface area (Å²) in [6.45, 7) is 5.84. The molecule has 5 heteroatoms. The lowest BCUT2D eigenvalue weighted by atomic mass is 9.45. The number of anilines is 1. The normalized spacial score (nSPS) is 29.4. The maximum atomic E-state index is 5.37. The molecule has 0 spiro atoms. The van der Waals surface area contributed by atoms with Crippen molar-refractivity contribution in [3.05, 3.63) is 22.8 Å². The molecule has 2 bridgehead atoms. The minimum absolute atomic E-state index is 0.535. The number of halogens is 1. The van der Waals surface area contributed by atoms with Crippen molar-refractivity contribution < 1.29 is 0 Å². The van der Waals surface area contributed by atoms with Crippen LogP contribution in [0.5, 0.6) is 0 Å². The fourth-order valence-electron chi connectivity index (χ4n) is 4.04. The quantitative estimate of drug-likeness (QED) is 0.784. The SMILES string of the molecule is CC1(C)C2CCC(CNC(=S)Nc3ccc(Br)cn3)C1C2. The third-order valence-corrected chi connectivity index (χ3v) is 6.21. The van der Waals surface area contributed by atoms with Gasteiger partial charge in [0.2, 0.25) is 0 Å². The number of fused-ring (bicyclic) bond motifs is 2. The van der Waals surface area contributed by atoms with E-state index in [1.54, 1.807) is 6.20 Å². The van der Waals surface area contributed by atoms with Crippen LogP contribution in [0.3, 0.4) is 0 Å². The van der Waals surface area contributed by atoms with Crippen LogP contribution in [0.25, 0.3) is 0 Å². The molecule has 1 aromatic heterocycles. The van der Waals surface area contributed by atoms with Crippen molar-refractivity contribution in [3.8, 4) is 0 Å². The third-order valence-electron chi connectivity index (χ3n) is 5.50. The molecule has 114 valence electrons. The van der Waals surface area contributed by atoms with Gasteiger partial charge in [-0.05, 0) is 82.7 Å². The number of nitrogens with zero attached hydrogens (tertiary/aromatic N) is 1. The average molecular weight is 368 g/mol. The molecule has 3 unspecified atom stereocenters. The first-order chi connectivity index (χ1) is 9.96. The predicted molar refractivity (Wildman–Crippen MR) is 94.3 cm³/mol. The summed E-state index contributed by atoms with van der Waals surface area (Å²) >= 11 is 8.75. The molecule has 3 saturated carbocycles. The Hall–Kier alpha value is -0.680. The summed E-state index contributed by atoms with van der Waals surface area (Å²) in [6.07, 6.45) is 5.89. The highest BCUT2D eigenvalue weighted by atomic mass is 79.9. The highest BCUT2D eigenvalue weighted by Gasteiger charge is 2.53. The van der Waals surface area contributed by atoms with E-state index in [0.717, 1.165) is 34.6 Å². The van der Waals surface area contributed by atoms with E-state index >= 15 is 0 Å². The molecule has 4 rings (SSSR count). The first-order valence-electron chi connectivity index (χ1n) is 7.63. The summed E-state index contributed by atoms with van der Waals surface area (Å²) in [6, 6.07) is 3.87. The molecule has 21 heavy (non-hydrogen) atoms. The second-order valence-electron chi connectivity index (χ2n) is 6.89. The molecule has 0 aromatic carbocycles. The summed E-state index contributed by atoms with van der Waals surface area (Å²) < 4.78 is 0.968. The molecule has 1 heterocycles. The van der Waals surface area contributed by atoms with Crippen LogP contribution in [0, 0.1) is 23.2 Å². The van der Waals surface area contributed by atoms with E-state index in [9.17, 15) is 0 Å². The van der Waals surface area contributed by atoms with Crippen LogP contribution in [0.4, 0.5) is 5.82 Å². The monoisotopic (exact) mass is 367 g/mol. The van der Waals surface area contributed by atoms with Gasteiger partial charge in [0.15, 0.2) is 5.11 Å². The van der Waals surface area contributed by atoms with Crippen molar-refractivity contribution in [1.29, 1.82) is 0 Å². The van der Waals surface area contributed by atoms with Crippen molar-refractivity contribution in [1.82, 2.24) is 10.3 Å². The summed E-state index contributed by atoms with van der Waals surface area (Å²) in [5.74, 6) is 3.35. The van der Waals surface area contributed by atoms with Crippen LogP contribution in [0.2, 0.25) is 0 Å². The zero-order valence-corrected chi connectivity index (χ0v) is 14.9. The second-order valence-corrected chi connectivity index (χ2v) is 8.22. The van der Waals surface area contributed by atoms with Crippen molar-refractivity contribution >= 4 is 39.1 Å². The van der Waals surface area contributed by atoms with Gasteiger partial charge in [-0.25, -0.2) is 4.98 Å². The summed E-state index contributed by atoms with van der Waals surface area (Å²) in [5, 5.41) is 7.19. The van der Waals surface area contributed by atoms with Gasteiger partial charge in [0.25, 0.3) is 0 Å². The fourth-order valence-corrected chi connectivity index (χ4v) is 4.46. The smallest absolute Gasteiger partial charge is 0.171 e. The zero-order chi connectivity index (χ0) is 15.0. The van der Waals surface area contributed by atoms with Crippen molar-refractivity contribution in [2.24, 2.45) is 23.2 Å². The van der Waals surface area contributed by atoms with E-state index in [0.29, 0.717) is 10.5 Å². The van der Waals surface area contributed by atoms with Crippen molar-refractivity contribution in [2.75, 3.05) is 11.9 Å². The lowest BCUT2D eigenvalue weighted by Crippen LogP contribution is -2.54. The first kappa shape index (κ1) is 15.2. The van der Waals surface area contributed by atoms with E-state index in [2.05, 4.69) is 45.4 Å². The van der Waals surface area contributed by atoms with Gasteiger partial charge in [-0.1, -0.05) is 13.8 Å². The topological polar surface area (TPSA) is 37.0 Å². The number of pyridine rings is 1. The molecule has 3 nitrogen and oxygen atoms in total. The average Bonchev–Trinajstić information content (AvgIpc) is 2.47. The van der Waals surface area contributed by atoms with Crippen LogP contribution in [0.15, 0.2) is 22.8 Å². The Morgan fingerprint density at radius 1 is 1.43 bits per heavy atom. The first-order valence-corrected chi connectivity index (χ1v) is 8.83. The third kappa shape index (κ3) is 3.09. The lowest BCUT2D eigenvalue weighted by molar-refractivity contribution is -0.102. The molecular formula is C16H22BrN3S.